The summed E-state index contributed by atoms with van der Waals surface area (Å²) in [6.45, 7) is -0.377. The summed E-state index contributed by atoms with van der Waals surface area (Å²) < 4.78 is 42.0. The van der Waals surface area contributed by atoms with Gasteiger partial charge in [0, 0.05) is 6.07 Å². The molecule has 0 aliphatic rings. The summed E-state index contributed by atoms with van der Waals surface area (Å²) in [5.74, 6) is 0.977. The van der Waals surface area contributed by atoms with Gasteiger partial charge in [-0.05, 0) is 24.3 Å². The van der Waals surface area contributed by atoms with Crippen LogP contribution in [0.2, 0.25) is 0 Å². The van der Waals surface area contributed by atoms with Gasteiger partial charge < -0.3 is 19.0 Å². The fraction of sp³-hybridized carbons (Fsp3) is 0.231. The van der Waals surface area contributed by atoms with Crippen molar-refractivity contribution >= 4 is 15.7 Å². The molecule has 21 heavy (non-hydrogen) atoms. The smallest absolute Gasteiger partial charge is 0.295 e. The summed E-state index contributed by atoms with van der Waals surface area (Å²) in [6.07, 6.45) is 0. The van der Waals surface area contributed by atoms with Crippen LogP contribution in [-0.2, 0) is 16.6 Å². The molecule has 0 spiro atoms. The van der Waals surface area contributed by atoms with Crippen molar-refractivity contribution in [3.8, 4) is 11.5 Å². The van der Waals surface area contributed by atoms with E-state index in [1.807, 2.05) is 0 Å². The first-order valence-corrected chi connectivity index (χ1v) is 7.43. The van der Waals surface area contributed by atoms with Crippen LogP contribution in [0.1, 0.15) is 5.76 Å². The molecule has 1 heterocycles. The molecule has 0 atom stereocenters. The summed E-state index contributed by atoms with van der Waals surface area (Å²) in [5, 5.41) is 8.62. The van der Waals surface area contributed by atoms with Crippen molar-refractivity contribution in [3.05, 3.63) is 36.1 Å². The first-order valence-electron chi connectivity index (χ1n) is 5.94. The van der Waals surface area contributed by atoms with Gasteiger partial charge in [0.15, 0.2) is 0 Å². The SMILES string of the molecule is COc1ccc(OC)c(NS(=O)(=O)c2ccc(CO)o2)c1. The minimum atomic E-state index is -3.92. The van der Waals surface area contributed by atoms with Crippen LogP contribution in [-0.4, -0.2) is 27.7 Å². The first-order chi connectivity index (χ1) is 10.00. The summed E-state index contributed by atoms with van der Waals surface area (Å²) in [7, 11) is -1.02. The Bertz CT molecular complexity index is 722. The molecule has 0 aliphatic heterocycles. The Morgan fingerprint density at radius 2 is 1.95 bits per heavy atom. The Hall–Kier alpha value is -2.19. The highest BCUT2D eigenvalue weighted by Gasteiger charge is 2.21. The van der Waals surface area contributed by atoms with Gasteiger partial charge in [-0.2, -0.15) is 8.42 Å². The monoisotopic (exact) mass is 313 g/mol. The van der Waals surface area contributed by atoms with E-state index in [0.717, 1.165) is 0 Å². The van der Waals surface area contributed by atoms with E-state index in [4.69, 9.17) is 19.0 Å². The van der Waals surface area contributed by atoms with Gasteiger partial charge in [0.1, 0.15) is 23.9 Å². The third-order valence-electron chi connectivity index (χ3n) is 2.71. The van der Waals surface area contributed by atoms with E-state index in [2.05, 4.69) is 4.72 Å². The quantitative estimate of drug-likeness (QED) is 0.840. The van der Waals surface area contributed by atoms with E-state index >= 15 is 0 Å². The van der Waals surface area contributed by atoms with Crippen molar-refractivity contribution in [2.24, 2.45) is 0 Å². The van der Waals surface area contributed by atoms with E-state index in [1.54, 1.807) is 12.1 Å². The van der Waals surface area contributed by atoms with Crippen LogP contribution in [0.4, 0.5) is 5.69 Å². The lowest BCUT2D eigenvalue weighted by molar-refractivity contribution is 0.236. The Morgan fingerprint density at radius 3 is 2.52 bits per heavy atom. The Balaban J connectivity index is 2.35. The van der Waals surface area contributed by atoms with Crippen LogP contribution in [0.15, 0.2) is 39.8 Å². The molecule has 0 saturated heterocycles. The predicted molar refractivity (Wildman–Crippen MR) is 75.0 cm³/mol. The zero-order valence-corrected chi connectivity index (χ0v) is 12.3. The third-order valence-corrected chi connectivity index (χ3v) is 3.95. The number of anilines is 1. The van der Waals surface area contributed by atoms with Crippen molar-refractivity contribution in [1.29, 1.82) is 0 Å². The van der Waals surface area contributed by atoms with Crippen LogP contribution in [0.3, 0.4) is 0 Å². The molecule has 0 aliphatic carbocycles. The molecule has 2 N–H and O–H groups in total. The summed E-state index contributed by atoms with van der Waals surface area (Å²) >= 11 is 0. The highest BCUT2D eigenvalue weighted by atomic mass is 32.2. The maximum Gasteiger partial charge on any atom is 0.295 e. The number of sulfonamides is 1. The number of aliphatic hydroxyl groups excluding tert-OH is 1. The molecule has 0 radical (unpaired) electrons. The zero-order chi connectivity index (χ0) is 15.5. The normalized spacial score (nSPS) is 11.2. The van der Waals surface area contributed by atoms with Crippen molar-refractivity contribution in [1.82, 2.24) is 0 Å². The van der Waals surface area contributed by atoms with Gasteiger partial charge in [-0.1, -0.05) is 0 Å². The highest BCUT2D eigenvalue weighted by molar-refractivity contribution is 7.92. The molecule has 8 heteroatoms. The topological polar surface area (TPSA) is 98.0 Å². The molecule has 0 saturated carbocycles. The fourth-order valence-electron chi connectivity index (χ4n) is 1.68. The van der Waals surface area contributed by atoms with Gasteiger partial charge in [-0.25, -0.2) is 0 Å². The second-order valence-electron chi connectivity index (χ2n) is 4.05. The lowest BCUT2D eigenvalue weighted by Gasteiger charge is -2.11. The van der Waals surface area contributed by atoms with Crippen LogP contribution in [0.25, 0.3) is 0 Å². The van der Waals surface area contributed by atoms with Gasteiger partial charge in [0.2, 0.25) is 5.09 Å². The Kier molecular flexibility index (Phi) is 4.39. The van der Waals surface area contributed by atoms with Crippen LogP contribution in [0, 0.1) is 0 Å². The van der Waals surface area contributed by atoms with E-state index in [-0.39, 0.29) is 23.1 Å². The largest absolute Gasteiger partial charge is 0.497 e. The van der Waals surface area contributed by atoms with E-state index < -0.39 is 10.0 Å². The number of furan rings is 1. The van der Waals surface area contributed by atoms with Gasteiger partial charge in [0.05, 0.1) is 19.9 Å². The molecule has 0 bridgehead atoms. The number of rotatable bonds is 6. The molecule has 0 fully saturated rings. The summed E-state index contributed by atoms with van der Waals surface area (Å²) in [6, 6.07) is 7.37. The predicted octanol–water partition coefficient (Wildman–Crippen LogP) is 1.59. The maximum atomic E-state index is 12.2. The van der Waals surface area contributed by atoms with Gasteiger partial charge in [-0.15, -0.1) is 0 Å². The lowest BCUT2D eigenvalue weighted by Crippen LogP contribution is -2.13. The minimum absolute atomic E-state index is 0.160. The molecular formula is C13H15NO6S. The fourth-order valence-corrected chi connectivity index (χ4v) is 2.69. The molecule has 1 aromatic carbocycles. The minimum Gasteiger partial charge on any atom is -0.497 e. The molecule has 2 aromatic rings. The zero-order valence-electron chi connectivity index (χ0n) is 11.5. The van der Waals surface area contributed by atoms with E-state index in [1.165, 1.54) is 32.4 Å². The van der Waals surface area contributed by atoms with Crippen molar-refractivity contribution in [2.75, 3.05) is 18.9 Å². The van der Waals surface area contributed by atoms with Crippen LogP contribution in [0.5, 0.6) is 11.5 Å². The van der Waals surface area contributed by atoms with Gasteiger partial charge in [-0.3, -0.25) is 4.72 Å². The van der Waals surface area contributed by atoms with Crippen LogP contribution >= 0.6 is 0 Å². The average molecular weight is 313 g/mol. The molecule has 1 aromatic heterocycles. The number of hydrogen-bond acceptors (Lipinski definition) is 6. The van der Waals surface area contributed by atoms with Gasteiger partial charge in [0.25, 0.3) is 10.0 Å². The Labute approximate surface area is 122 Å². The summed E-state index contributed by atoms with van der Waals surface area (Å²) in [5.41, 5.74) is 0.221. The first kappa shape index (κ1) is 15.2. The number of nitrogens with one attached hydrogen (secondary N) is 1. The number of hydrogen-bond donors (Lipinski definition) is 2. The second kappa shape index (κ2) is 6.06. The van der Waals surface area contributed by atoms with Crippen molar-refractivity contribution in [3.63, 3.8) is 0 Å². The number of benzene rings is 1. The third kappa shape index (κ3) is 3.29. The van der Waals surface area contributed by atoms with Crippen LogP contribution < -0.4 is 14.2 Å². The molecular weight excluding hydrogens is 298 g/mol. The van der Waals surface area contributed by atoms with Gasteiger partial charge >= 0.3 is 0 Å². The second-order valence-corrected chi connectivity index (χ2v) is 5.66. The Morgan fingerprint density at radius 1 is 1.19 bits per heavy atom. The van der Waals surface area contributed by atoms with Crippen molar-refractivity contribution in [2.45, 2.75) is 11.7 Å². The molecule has 7 nitrogen and oxygen atoms in total. The maximum absolute atomic E-state index is 12.2. The number of aliphatic hydroxyl groups is 1. The molecule has 114 valence electrons. The highest BCUT2D eigenvalue weighted by Crippen LogP contribution is 2.31. The standard InChI is InChI=1S/C13H15NO6S/c1-18-9-3-5-12(19-2)11(7-9)14-21(16,17)13-6-4-10(8-15)20-13/h3-7,14-15H,8H2,1-2H3. The van der Waals surface area contributed by atoms with E-state index in [0.29, 0.717) is 11.5 Å². The number of methoxy groups -OCH3 is 2. The van der Waals surface area contributed by atoms with E-state index in [9.17, 15) is 8.42 Å². The summed E-state index contributed by atoms with van der Waals surface area (Å²) in [4.78, 5) is 0. The molecule has 2 rings (SSSR count). The lowest BCUT2D eigenvalue weighted by atomic mass is 10.3. The molecule has 0 amide bonds. The van der Waals surface area contributed by atoms with Crippen molar-refractivity contribution < 1.29 is 27.4 Å². The molecule has 0 unspecified atom stereocenters. The number of ether oxygens (including phenoxy) is 2. The average Bonchev–Trinajstić information content (AvgIpc) is 2.96.